The lowest BCUT2D eigenvalue weighted by atomic mass is 9.99. The standard InChI is InChI=1S/C14H20BrN3O2/c1-2-3-13(17-8-6-16-7-9-17)11-4-5-12(15)14(10-11)18(19)20/h4-5,10,13,16H,2-3,6-9H2,1H3/t13-/m0/s1. The van der Waals surface area contributed by atoms with Gasteiger partial charge in [0, 0.05) is 38.3 Å². The summed E-state index contributed by atoms with van der Waals surface area (Å²) >= 11 is 3.25. The molecule has 0 aromatic heterocycles. The number of nitro benzene ring substituents is 1. The summed E-state index contributed by atoms with van der Waals surface area (Å²) in [6, 6.07) is 5.78. The first-order valence-electron chi connectivity index (χ1n) is 7.02. The Kier molecular flexibility index (Phi) is 5.51. The molecule has 0 spiro atoms. The van der Waals surface area contributed by atoms with Crippen LogP contribution in [-0.2, 0) is 0 Å². The molecule has 1 heterocycles. The molecular weight excluding hydrogens is 322 g/mol. The highest BCUT2D eigenvalue weighted by Gasteiger charge is 2.23. The fraction of sp³-hybridized carbons (Fsp3) is 0.571. The summed E-state index contributed by atoms with van der Waals surface area (Å²) in [5.74, 6) is 0. The number of nitro groups is 1. The van der Waals surface area contributed by atoms with E-state index in [1.54, 1.807) is 12.1 Å². The van der Waals surface area contributed by atoms with Crippen LogP contribution >= 0.6 is 15.9 Å². The van der Waals surface area contributed by atoms with E-state index in [1.807, 2.05) is 6.07 Å². The average Bonchev–Trinajstić information content (AvgIpc) is 2.46. The largest absolute Gasteiger partial charge is 0.314 e. The Bertz CT molecular complexity index is 475. The van der Waals surface area contributed by atoms with Crippen LogP contribution in [0.25, 0.3) is 0 Å². The van der Waals surface area contributed by atoms with Gasteiger partial charge in [0.15, 0.2) is 0 Å². The van der Waals surface area contributed by atoms with Crippen molar-refractivity contribution in [3.8, 4) is 0 Å². The molecule has 20 heavy (non-hydrogen) atoms. The number of halogens is 1. The van der Waals surface area contributed by atoms with Crippen molar-refractivity contribution < 1.29 is 4.92 Å². The molecule has 0 bridgehead atoms. The summed E-state index contributed by atoms with van der Waals surface area (Å²) in [6.07, 6.45) is 2.09. The lowest BCUT2D eigenvalue weighted by molar-refractivity contribution is -0.385. The van der Waals surface area contributed by atoms with E-state index in [9.17, 15) is 10.1 Å². The van der Waals surface area contributed by atoms with E-state index in [0.717, 1.165) is 44.6 Å². The predicted molar refractivity (Wildman–Crippen MR) is 82.9 cm³/mol. The Labute approximate surface area is 127 Å². The second-order valence-corrected chi connectivity index (χ2v) is 5.91. The van der Waals surface area contributed by atoms with Crippen LogP contribution in [0.5, 0.6) is 0 Å². The van der Waals surface area contributed by atoms with Gasteiger partial charge in [-0.05, 0) is 34.0 Å². The molecule has 1 aromatic rings. The van der Waals surface area contributed by atoms with Crippen LogP contribution in [0.3, 0.4) is 0 Å². The van der Waals surface area contributed by atoms with Gasteiger partial charge in [-0.3, -0.25) is 15.0 Å². The summed E-state index contributed by atoms with van der Waals surface area (Å²) in [6.45, 7) is 6.11. The zero-order valence-electron chi connectivity index (χ0n) is 11.6. The van der Waals surface area contributed by atoms with E-state index < -0.39 is 0 Å². The molecule has 1 aromatic carbocycles. The van der Waals surface area contributed by atoms with Crippen molar-refractivity contribution in [2.45, 2.75) is 25.8 Å². The number of piperazine rings is 1. The van der Waals surface area contributed by atoms with E-state index in [0.29, 0.717) is 4.47 Å². The molecule has 1 aliphatic rings. The van der Waals surface area contributed by atoms with Gasteiger partial charge >= 0.3 is 0 Å². The molecule has 0 amide bonds. The van der Waals surface area contributed by atoms with Crippen molar-refractivity contribution in [1.29, 1.82) is 0 Å². The van der Waals surface area contributed by atoms with E-state index in [1.165, 1.54) is 0 Å². The van der Waals surface area contributed by atoms with E-state index in [2.05, 4.69) is 33.1 Å². The fourth-order valence-electron chi connectivity index (χ4n) is 2.70. The van der Waals surface area contributed by atoms with Crippen LogP contribution in [0.1, 0.15) is 31.4 Å². The zero-order chi connectivity index (χ0) is 14.5. The van der Waals surface area contributed by atoms with Crippen LogP contribution < -0.4 is 5.32 Å². The highest BCUT2D eigenvalue weighted by Crippen LogP contribution is 2.32. The van der Waals surface area contributed by atoms with Gasteiger partial charge in [-0.15, -0.1) is 0 Å². The molecule has 0 saturated carbocycles. The van der Waals surface area contributed by atoms with Gasteiger partial charge < -0.3 is 5.32 Å². The Hall–Kier alpha value is -0.980. The fourth-order valence-corrected chi connectivity index (χ4v) is 3.10. The summed E-state index contributed by atoms with van der Waals surface area (Å²) in [7, 11) is 0. The lowest BCUT2D eigenvalue weighted by Gasteiger charge is -2.35. The molecule has 2 rings (SSSR count). The number of benzene rings is 1. The second kappa shape index (κ2) is 7.15. The minimum atomic E-state index is -0.325. The average molecular weight is 342 g/mol. The second-order valence-electron chi connectivity index (χ2n) is 5.06. The molecule has 0 unspecified atom stereocenters. The quantitative estimate of drug-likeness (QED) is 0.660. The molecule has 1 atom stereocenters. The SMILES string of the molecule is CCC[C@@H](c1ccc(Br)c([N+](=O)[O-])c1)N1CCNCC1. The first kappa shape index (κ1) is 15.4. The predicted octanol–water partition coefficient (Wildman–Crippen LogP) is 3.10. The Balaban J connectivity index is 2.28. The monoisotopic (exact) mass is 341 g/mol. The molecule has 110 valence electrons. The van der Waals surface area contributed by atoms with E-state index >= 15 is 0 Å². The van der Waals surface area contributed by atoms with Crippen LogP contribution in [0.2, 0.25) is 0 Å². The van der Waals surface area contributed by atoms with Crippen LogP contribution in [0.4, 0.5) is 5.69 Å². The molecule has 1 aliphatic heterocycles. The molecule has 6 heteroatoms. The smallest absolute Gasteiger partial charge is 0.283 e. The summed E-state index contributed by atoms with van der Waals surface area (Å²) < 4.78 is 0.543. The maximum absolute atomic E-state index is 11.1. The van der Waals surface area contributed by atoms with Gasteiger partial charge in [0.2, 0.25) is 0 Å². The van der Waals surface area contributed by atoms with Crippen LogP contribution in [-0.4, -0.2) is 36.0 Å². The third kappa shape index (κ3) is 3.56. The van der Waals surface area contributed by atoms with Gasteiger partial charge in [-0.2, -0.15) is 0 Å². The first-order chi connectivity index (χ1) is 9.63. The van der Waals surface area contributed by atoms with Crippen molar-refractivity contribution in [3.05, 3.63) is 38.3 Å². The summed E-state index contributed by atoms with van der Waals surface area (Å²) in [4.78, 5) is 13.2. The van der Waals surface area contributed by atoms with Crippen molar-refractivity contribution >= 4 is 21.6 Å². The molecule has 5 nitrogen and oxygen atoms in total. The normalized spacial score (nSPS) is 17.9. The van der Waals surface area contributed by atoms with Crippen molar-refractivity contribution in [2.24, 2.45) is 0 Å². The van der Waals surface area contributed by atoms with Gasteiger partial charge in [0.05, 0.1) is 9.40 Å². The van der Waals surface area contributed by atoms with Gasteiger partial charge in [0.1, 0.15) is 0 Å². The lowest BCUT2D eigenvalue weighted by Crippen LogP contribution is -2.45. The minimum absolute atomic E-state index is 0.152. The molecule has 1 fully saturated rings. The molecular formula is C14H20BrN3O2. The van der Waals surface area contributed by atoms with E-state index in [4.69, 9.17) is 0 Å². The maximum Gasteiger partial charge on any atom is 0.283 e. The first-order valence-corrected chi connectivity index (χ1v) is 7.81. The maximum atomic E-state index is 11.1. The van der Waals surface area contributed by atoms with Gasteiger partial charge in [0.25, 0.3) is 5.69 Å². The zero-order valence-corrected chi connectivity index (χ0v) is 13.2. The van der Waals surface area contributed by atoms with Crippen LogP contribution in [0, 0.1) is 10.1 Å². The molecule has 0 aliphatic carbocycles. The van der Waals surface area contributed by atoms with Crippen molar-refractivity contribution in [3.63, 3.8) is 0 Å². The third-order valence-electron chi connectivity index (χ3n) is 3.71. The molecule has 1 N–H and O–H groups in total. The number of hydrogen-bond donors (Lipinski definition) is 1. The summed E-state index contributed by atoms with van der Waals surface area (Å²) in [5.41, 5.74) is 1.20. The number of nitrogens with zero attached hydrogens (tertiary/aromatic N) is 2. The Morgan fingerprint density at radius 1 is 1.45 bits per heavy atom. The number of hydrogen-bond acceptors (Lipinski definition) is 4. The Morgan fingerprint density at radius 3 is 2.75 bits per heavy atom. The Morgan fingerprint density at radius 2 is 2.15 bits per heavy atom. The van der Waals surface area contributed by atoms with Crippen molar-refractivity contribution in [1.82, 2.24) is 10.2 Å². The van der Waals surface area contributed by atoms with Crippen molar-refractivity contribution in [2.75, 3.05) is 26.2 Å². The number of rotatable bonds is 5. The topological polar surface area (TPSA) is 58.4 Å². The number of nitrogens with one attached hydrogen (secondary N) is 1. The van der Waals surface area contributed by atoms with Crippen LogP contribution in [0.15, 0.2) is 22.7 Å². The highest BCUT2D eigenvalue weighted by atomic mass is 79.9. The summed E-state index contributed by atoms with van der Waals surface area (Å²) in [5, 5.41) is 14.4. The van der Waals surface area contributed by atoms with Gasteiger partial charge in [-0.1, -0.05) is 19.4 Å². The minimum Gasteiger partial charge on any atom is -0.314 e. The van der Waals surface area contributed by atoms with E-state index in [-0.39, 0.29) is 16.7 Å². The third-order valence-corrected chi connectivity index (χ3v) is 4.38. The molecule has 1 saturated heterocycles. The molecule has 0 radical (unpaired) electrons. The van der Waals surface area contributed by atoms with Gasteiger partial charge in [-0.25, -0.2) is 0 Å². The highest BCUT2D eigenvalue weighted by molar-refractivity contribution is 9.10.